The first-order valence-electron chi connectivity index (χ1n) is 4.40. The first-order chi connectivity index (χ1) is 6.77. The van der Waals surface area contributed by atoms with Crippen molar-refractivity contribution in [2.24, 2.45) is 0 Å². The summed E-state index contributed by atoms with van der Waals surface area (Å²) in [6.07, 6.45) is 1.17. The summed E-state index contributed by atoms with van der Waals surface area (Å²) >= 11 is 1.47. The molecule has 0 radical (unpaired) electrons. The highest BCUT2D eigenvalue weighted by atomic mass is 32.1. The third-order valence-electron chi connectivity index (χ3n) is 2.08. The Kier molecular flexibility index (Phi) is 2.61. The average molecular weight is 205 g/mol. The Morgan fingerprint density at radius 2 is 2.29 bits per heavy atom. The molecule has 0 amide bonds. The van der Waals surface area contributed by atoms with E-state index >= 15 is 0 Å². The first kappa shape index (κ1) is 9.37. The second-order valence-electron chi connectivity index (χ2n) is 3.22. The number of benzene rings is 1. The zero-order chi connectivity index (χ0) is 9.97. The van der Waals surface area contributed by atoms with Crippen LogP contribution in [0.4, 0.5) is 0 Å². The molecule has 14 heavy (non-hydrogen) atoms. The highest BCUT2D eigenvalue weighted by Crippen LogP contribution is 2.24. The zero-order valence-electron chi connectivity index (χ0n) is 7.84. The van der Waals surface area contributed by atoms with E-state index in [4.69, 9.17) is 0 Å². The lowest BCUT2D eigenvalue weighted by atomic mass is 10.1. The summed E-state index contributed by atoms with van der Waals surface area (Å²) in [7, 11) is 0. The number of aliphatic hydroxyl groups excluding tert-OH is 1. The van der Waals surface area contributed by atoms with Crippen molar-refractivity contribution in [3.8, 4) is 0 Å². The molecule has 1 aromatic carbocycles. The van der Waals surface area contributed by atoms with Gasteiger partial charge in [0.1, 0.15) is 6.10 Å². The Labute approximate surface area is 86.9 Å². The molecular weight excluding hydrogens is 194 g/mol. The van der Waals surface area contributed by atoms with Crippen molar-refractivity contribution in [3.05, 3.63) is 52.0 Å². The molecule has 0 fully saturated rings. The normalized spacial score (nSPS) is 12.7. The Hall–Kier alpha value is -1.19. The SMILES string of the molecule is Cc1cccc(C(O)c2cncs2)c1. The number of rotatable bonds is 2. The molecule has 0 aliphatic rings. The molecule has 0 aliphatic heterocycles. The van der Waals surface area contributed by atoms with Crippen LogP contribution in [0.1, 0.15) is 22.1 Å². The van der Waals surface area contributed by atoms with Crippen LogP contribution in [-0.2, 0) is 0 Å². The van der Waals surface area contributed by atoms with Crippen molar-refractivity contribution >= 4 is 11.3 Å². The van der Waals surface area contributed by atoms with Gasteiger partial charge in [0.25, 0.3) is 0 Å². The second-order valence-corrected chi connectivity index (χ2v) is 4.14. The molecule has 0 saturated carbocycles. The van der Waals surface area contributed by atoms with Gasteiger partial charge in [0, 0.05) is 6.20 Å². The molecule has 1 aromatic heterocycles. The monoisotopic (exact) mass is 205 g/mol. The number of aryl methyl sites for hydroxylation is 1. The van der Waals surface area contributed by atoms with Crippen LogP contribution in [0, 0.1) is 6.92 Å². The largest absolute Gasteiger partial charge is 0.383 e. The molecule has 0 aliphatic carbocycles. The summed E-state index contributed by atoms with van der Waals surface area (Å²) in [6.45, 7) is 2.02. The van der Waals surface area contributed by atoms with Crippen molar-refractivity contribution in [2.75, 3.05) is 0 Å². The summed E-state index contributed by atoms with van der Waals surface area (Å²) in [5.74, 6) is 0. The number of aromatic nitrogens is 1. The van der Waals surface area contributed by atoms with Gasteiger partial charge in [-0.05, 0) is 12.5 Å². The molecule has 2 rings (SSSR count). The van der Waals surface area contributed by atoms with Gasteiger partial charge in [-0.1, -0.05) is 29.8 Å². The summed E-state index contributed by atoms with van der Waals surface area (Å²) in [5, 5.41) is 9.98. The smallest absolute Gasteiger partial charge is 0.115 e. The van der Waals surface area contributed by atoms with Crippen LogP contribution in [-0.4, -0.2) is 10.1 Å². The van der Waals surface area contributed by atoms with Crippen LogP contribution in [0.25, 0.3) is 0 Å². The van der Waals surface area contributed by atoms with Crippen LogP contribution in [0.15, 0.2) is 36.0 Å². The molecule has 0 saturated heterocycles. The minimum absolute atomic E-state index is 0.539. The third-order valence-corrected chi connectivity index (χ3v) is 2.91. The van der Waals surface area contributed by atoms with E-state index in [1.165, 1.54) is 11.3 Å². The number of hydrogen-bond donors (Lipinski definition) is 1. The Bertz CT molecular complexity index is 411. The summed E-state index contributed by atoms with van der Waals surface area (Å²) < 4.78 is 0. The lowest BCUT2D eigenvalue weighted by molar-refractivity contribution is 0.224. The maximum atomic E-state index is 9.98. The minimum atomic E-state index is -0.539. The summed E-state index contributed by atoms with van der Waals surface area (Å²) in [5.41, 5.74) is 3.81. The van der Waals surface area contributed by atoms with Crippen molar-refractivity contribution in [1.29, 1.82) is 0 Å². The van der Waals surface area contributed by atoms with E-state index in [-0.39, 0.29) is 0 Å². The van der Waals surface area contributed by atoms with Crippen molar-refractivity contribution in [3.63, 3.8) is 0 Å². The molecular formula is C11H11NOS. The molecule has 2 nitrogen and oxygen atoms in total. The Morgan fingerprint density at radius 1 is 1.43 bits per heavy atom. The second kappa shape index (κ2) is 3.90. The van der Waals surface area contributed by atoms with Crippen LogP contribution in [0.2, 0.25) is 0 Å². The van der Waals surface area contributed by atoms with Gasteiger partial charge < -0.3 is 5.11 Å². The summed E-state index contributed by atoms with van der Waals surface area (Å²) in [6, 6.07) is 7.89. The summed E-state index contributed by atoms with van der Waals surface area (Å²) in [4.78, 5) is 4.83. The maximum Gasteiger partial charge on any atom is 0.115 e. The molecule has 0 bridgehead atoms. The molecule has 3 heteroatoms. The van der Waals surface area contributed by atoms with E-state index in [0.717, 1.165) is 16.0 Å². The lowest BCUT2D eigenvalue weighted by Crippen LogP contribution is -1.96. The fraction of sp³-hybridized carbons (Fsp3) is 0.182. The predicted molar refractivity (Wildman–Crippen MR) is 57.4 cm³/mol. The van der Waals surface area contributed by atoms with Gasteiger partial charge in [-0.25, -0.2) is 0 Å². The van der Waals surface area contributed by atoms with Gasteiger partial charge in [0.05, 0.1) is 10.4 Å². The predicted octanol–water partition coefficient (Wildman–Crippen LogP) is 2.53. The number of aliphatic hydroxyl groups is 1. The third kappa shape index (κ3) is 1.84. The molecule has 1 N–H and O–H groups in total. The van der Waals surface area contributed by atoms with Gasteiger partial charge in [0.2, 0.25) is 0 Å². The fourth-order valence-electron chi connectivity index (χ4n) is 1.37. The Balaban J connectivity index is 2.32. The number of thiazole rings is 1. The van der Waals surface area contributed by atoms with Crippen LogP contribution in [0.3, 0.4) is 0 Å². The minimum Gasteiger partial charge on any atom is -0.383 e. The first-order valence-corrected chi connectivity index (χ1v) is 5.28. The standard InChI is InChI=1S/C11H11NOS/c1-8-3-2-4-9(5-8)11(13)10-6-12-7-14-10/h2-7,11,13H,1H3. The van der Waals surface area contributed by atoms with Crippen LogP contribution < -0.4 is 0 Å². The van der Waals surface area contributed by atoms with Crippen molar-refractivity contribution in [2.45, 2.75) is 13.0 Å². The van der Waals surface area contributed by atoms with Crippen molar-refractivity contribution in [1.82, 2.24) is 4.98 Å². The topological polar surface area (TPSA) is 33.1 Å². The Morgan fingerprint density at radius 3 is 2.93 bits per heavy atom. The van der Waals surface area contributed by atoms with Crippen molar-refractivity contribution < 1.29 is 5.11 Å². The number of hydrogen-bond acceptors (Lipinski definition) is 3. The van der Waals surface area contributed by atoms with E-state index in [1.54, 1.807) is 11.7 Å². The van der Waals surface area contributed by atoms with E-state index in [1.807, 2.05) is 31.2 Å². The van der Waals surface area contributed by atoms with E-state index in [2.05, 4.69) is 4.98 Å². The number of nitrogens with zero attached hydrogens (tertiary/aromatic N) is 1. The van der Waals surface area contributed by atoms with Gasteiger partial charge >= 0.3 is 0 Å². The van der Waals surface area contributed by atoms with E-state index in [0.29, 0.717) is 0 Å². The van der Waals surface area contributed by atoms with E-state index < -0.39 is 6.10 Å². The molecule has 2 aromatic rings. The van der Waals surface area contributed by atoms with Gasteiger partial charge in [0.15, 0.2) is 0 Å². The quantitative estimate of drug-likeness (QED) is 0.817. The molecule has 0 spiro atoms. The average Bonchev–Trinajstić information content (AvgIpc) is 2.69. The fourth-order valence-corrected chi connectivity index (χ4v) is 2.00. The van der Waals surface area contributed by atoms with Gasteiger partial charge in [-0.3, -0.25) is 4.98 Å². The highest BCUT2D eigenvalue weighted by molar-refractivity contribution is 7.09. The molecule has 1 heterocycles. The van der Waals surface area contributed by atoms with E-state index in [9.17, 15) is 5.11 Å². The lowest BCUT2D eigenvalue weighted by Gasteiger charge is -2.08. The van der Waals surface area contributed by atoms with Gasteiger partial charge in [-0.2, -0.15) is 0 Å². The van der Waals surface area contributed by atoms with Crippen LogP contribution in [0.5, 0.6) is 0 Å². The van der Waals surface area contributed by atoms with Gasteiger partial charge in [-0.15, -0.1) is 11.3 Å². The maximum absolute atomic E-state index is 9.98. The van der Waals surface area contributed by atoms with Crippen LogP contribution >= 0.6 is 11.3 Å². The molecule has 1 atom stereocenters. The molecule has 72 valence electrons. The zero-order valence-corrected chi connectivity index (χ0v) is 8.66. The highest BCUT2D eigenvalue weighted by Gasteiger charge is 2.11. The molecule has 1 unspecified atom stereocenters.